The van der Waals surface area contributed by atoms with Crippen LogP contribution in [0.25, 0.3) is 10.2 Å². The van der Waals surface area contributed by atoms with Crippen molar-refractivity contribution >= 4 is 49.3 Å². The van der Waals surface area contributed by atoms with Crippen LogP contribution in [0.5, 0.6) is 5.75 Å². The van der Waals surface area contributed by atoms with Crippen LogP contribution in [0, 0.1) is 6.92 Å². The molecule has 1 aliphatic heterocycles. The van der Waals surface area contributed by atoms with Crippen LogP contribution in [0.1, 0.15) is 16.7 Å². The molecular formula is C22H16N4O4S2. The number of amidine groups is 1. The average molecular weight is 465 g/mol. The third kappa shape index (κ3) is 3.29. The molecular weight excluding hydrogens is 448 g/mol. The van der Waals surface area contributed by atoms with Gasteiger partial charge in [-0.2, -0.15) is 18.2 Å². The Bertz CT molecular complexity index is 1600. The van der Waals surface area contributed by atoms with Crippen molar-refractivity contribution in [2.24, 2.45) is 9.50 Å². The Hall–Kier alpha value is -3.76. The molecule has 0 amide bonds. The summed E-state index contributed by atoms with van der Waals surface area (Å²) >= 11 is 1.21. The lowest BCUT2D eigenvalue weighted by molar-refractivity contribution is 0.479. The van der Waals surface area contributed by atoms with E-state index in [2.05, 4.69) is 14.8 Å². The minimum Gasteiger partial charge on any atom is -0.505 e. The number of hydrogen-bond donors (Lipinski definition) is 2. The van der Waals surface area contributed by atoms with Crippen molar-refractivity contribution in [3.05, 3.63) is 87.0 Å². The second kappa shape index (κ2) is 7.43. The van der Waals surface area contributed by atoms with Crippen molar-refractivity contribution in [2.45, 2.75) is 11.8 Å². The quantitative estimate of drug-likeness (QED) is 0.451. The zero-order valence-corrected chi connectivity index (χ0v) is 18.3. The Balaban J connectivity index is 1.71. The van der Waals surface area contributed by atoms with E-state index in [0.29, 0.717) is 10.2 Å². The number of thiophene rings is 1. The van der Waals surface area contributed by atoms with Crippen molar-refractivity contribution in [3.63, 3.8) is 0 Å². The number of nitrogens with one attached hydrogen (secondary N) is 1. The summed E-state index contributed by atoms with van der Waals surface area (Å²) in [6.45, 7) is 1.97. The second-order valence-corrected chi connectivity index (χ2v) is 9.66. The van der Waals surface area contributed by atoms with E-state index >= 15 is 0 Å². The van der Waals surface area contributed by atoms with Gasteiger partial charge in [-0.05, 0) is 36.1 Å². The predicted octanol–water partition coefficient (Wildman–Crippen LogP) is 3.52. The van der Waals surface area contributed by atoms with Gasteiger partial charge in [0, 0.05) is 0 Å². The van der Waals surface area contributed by atoms with Crippen molar-refractivity contribution in [3.8, 4) is 5.75 Å². The molecule has 3 heterocycles. The SMILES string of the molecule is Cc1ccc(C=Nn2c(=O)c(C3=NS(=O)(=O)c4ccccc4N3)c(O)c3sccc32)cc1. The summed E-state index contributed by atoms with van der Waals surface area (Å²) in [5.74, 6) is -0.594. The van der Waals surface area contributed by atoms with Gasteiger partial charge in [-0.3, -0.25) is 4.79 Å². The summed E-state index contributed by atoms with van der Waals surface area (Å²) in [5.41, 5.74) is 1.60. The number of aromatic hydroxyl groups is 1. The van der Waals surface area contributed by atoms with Crippen LogP contribution in [0.3, 0.4) is 0 Å². The molecule has 0 aliphatic carbocycles. The van der Waals surface area contributed by atoms with Gasteiger partial charge in [0.15, 0.2) is 11.6 Å². The fourth-order valence-electron chi connectivity index (χ4n) is 3.40. The average Bonchev–Trinajstić information content (AvgIpc) is 3.25. The Morgan fingerprint density at radius 3 is 2.66 bits per heavy atom. The van der Waals surface area contributed by atoms with Crippen LogP contribution in [0.4, 0.5) is 5.69 Å². The number of anilines is 1. The molecule has 0 bridgehead atoms. The predicted molar refractivity (Wildman–Crippen MR) is 126 cm³/mol. The largest absolute Gasteiger partial charge is 0.505 e. The number of benzene rings is 2. The van der Waals surface area contributed by atoms with Gasteiger partial charge < -0.3 is 10.4 Å². The Morgan fingerprint density at radius 1 is 1.12 bits per heavy atom. The third-order valence-corrected chi connectivity index (χ3v) is 7.24. The number of nitrogens with zero attached hydrogens (tertiary/aromatic N) is 3. The highest BCUT2D eigenvalue weighted by molar-refractivity contribution is 7.90. The summed E-state index contributed by atoms with van der Waals surface area (Å²) in [6, 6.07) is 15.5. The molecule has 0 atom stereocenters. The van der Waals surface area contributed by atoms with Gasteiger partial charge in [-0.1, -0.05) is 42.0 Å². The lowest BCUT2D eigenvalue weighted by atomic mass is 10.2. The van der Waals surface area contributed by atoms with Crippen LogP contribution in [-0.2, 0) is 10.0 Å². The van der Waals surface area contributed by atoms with Gasteiger partial charge in [0.05, 0.1) is 22.1 Å². The van der Waals surface area contributed by atoms with E-state index in [1.807, 2.05) is 31.2 Å². The number of para-hydroxylation sites is 1. The number of hydrogen-bond acceptors (Lipinski definition) is 7. The summed E-state index contributed by atoms with van der Waals surface area (Å²) in [4.78, 5) is 13.4. The van der Waals surface area contributed by atoms with E-state index in [1.165, 1.54) is 23.6 Å². The zero-order chi connectivity index (χ0) is 22.5. The van der Waals surface area contributed by atoms with Crippen molar-refractivity contribution < 1.29 is 13.5 Å². The third-order valence-electron chi connectivity index (χ3n) is 5.00. The Morgan fingerprint density at radius 2 is 1.88 bits per heavy atom. The van der Waals surface area contributed by atoms with Gasteiger partial charge in [0.25, 0.3) is 15.6 Å². The molecule has 5 rings (SSSR count). The maximum atomic E-state index is 13.4. The molecule has 4 aromatic rings. The normalized spacial score (nSPS) is 14.8. The minimum absolute atomic E-state index is 0.00170. The molecule has 0 fully saturated rings. The number of fused-ring (bicyclic) bond motifs is 2. The van der Waals surface area contributed by atoms with Crippen LogP contribution in [0.15, 0.2) is 79.2 Å². The number of sulfonamides is 1. The lowest BCUT2D eigenvalue weighted by Gasteiger charge is -2.19. The molecule has 1 aliphatic rings. The lowest BCUT2D eigenvalue weighted by Crippen LogP contribution is -2.31. The molecule has 0 saturated carbocycles. The van der Waals surface area contributed by atoms with Gasteiger partial charge in [-0.25, -0.2) is 0 Å². The molecule has 8 nitrogen and oxygen atoms in total. The molecule has 0 saturated heterocycles. The first-order valence-electron chi connectivity index (χ1n) is 9.53. The maximum absolute atomic E-state index is 13.4. The molecule has 0 spiro atoms. The van der Waals surface area contributed by atoms with E-state index in [4.69, 9.17) is 0 Å². The smallest absolute Gasteiger partial charge is 0.286 e. The minimum atomic E-state index is -4.05. The van der Waals surface area contributed by atoms with E-state index in [-0.39, 0.29) is 27.7 Å². The molecule has 10 heteroatoms. The monoisotopic (exact) mass is 464 g/mol. The van der Waals surface area contributed by atoms with Gasteiger partial charge in [0.2, 0.25) is 0 Å². The van der Waals surface area contributed by atoms with Crippen molar-refractivity contribution in [1.82, 2.24) is 4.68 Å². The first-order chi connectivity index (χ1) is 15.3. The highest BCUT2D eigenvalue weighted by Crippen LogP contribution is 2.34. The Kier molecular flexibility index (Phi) is 4.68. The maximum Gasteiger partial charge on any atom is 0.286 e. The van der Waals surface area contributed by atoms with E-state index in [1.54, 1.807) is 29.6 Å². The summed E-state index contributed by atoms with van der Waals surface area (Å²) in [5, 5.41) is 19.8. The fraction of sp³-hybridized carbons (Fsp3) is 0.0455. The standard InChI is InChI=1S/C22H16N4O4S2/c1-13-6-8-14(9-7-13)12-23-26-16-10-11-31-20(16)19(27)18(22(26)28)21-24-15-4-2-3-5-17(15)32(29,30)25-21/h2-12,27H,1H3,(H,24,25). The molecule has 0 radical (unpaired) electrons. The fourth-order valence-corrected chi connectivity index (χ4v) is 5.35. The van der Waals surface area contributed by atoms with Crippen LogP contribution < -0.4 is 10.9 Å². The highest BCUT2D eigenvalue weighted by Gasteiger charge is 2.30. The summed E-state index contributed by atoms with van der Waals surface area (Å²) in [6.07, 6.45) is 1.53. The molecule has 2 aromatic heterocycles. The Labute approximate surface area is 186 Å². The first-order valence-corrected chi connectivity index (χ1v) is 11.8. The second-order valence-electron chi connectivity index (χ2n) is 7.17. The number of aryl methyl sites for hydroxylation is 1. The highest BCUT2D eigenvalue weighted by atomic mass is 32.2. The van der Waals surface area contributed by atoms with Crippen LogP contribution in [-0.4, -0.2) is 30.3 Å². The van der Waals surface area contributed by atoms with E-state index < -0.39 is 15.6 Å². The van der Waals surface area contributed by atoms with Crippen LogP contribution >= 0.6 is 11.3 Å². The molecule has 2 N–H and O–H groups in total. The number of pyridine rings is 1. The van der Waals surface area contributed by atoms with E-state index in [9.17, 15) is 18.3 Å². The molecule has 2 aromatic carbocycles. The van der Waals surface area contributed by atoms with Gasteiger partial charge in [-0.15, -0.1) is 15.7 Å². The number of aromatic nitrogens is 1. The molecule has 160 valence electrons. The van der Waals surface area contributed by atoms with Crippen LogP contribution in [0.2, 0.25) is 0 Å². The topological polar surface area (TPSA) is 113 Å². The van der Waals surface area contributed by atoms with Gasteiger partial charge in [0.1, 0.15) is 10.5 Å². The van der Waals surface area contributed by atoms with E-state index in [0.717, 1.165) is 15.8 Å². The van der Waals surface area contributed by atoms with Crippen molar-refractivity contribution in [2.75, 3.05) is 5.32 Å². The summed E-state index contributed by atoms with van der Waals surface area (Å²) < 4.78 is 30.6. The zero-order valence-electron chi connectivity index (χ0n) is 16.7. The van der Waals surface area contributed by atoms with Gasteiger partial charge >= 0.3 is 0 Å². The summed E-state index contributed by atoms with van der Waals surface area (Å²) in [7, 11) is -4.05. The molecule has 32 heavy (non-hydrogen) atoms. The molecule has 0 unspecified atom stereocenters. The first kappa shape index (κ1) is 20.2. The van der Waals surface area contributed by atoms with Crippen molar-refractivity contribution in [1.29, 1.82) is 0 Å². The number of rotatable bonds is 3.